The first-order chi connectivity index (χ1) is 14.9. The van der Waals surface area contributed by atoms with Gasteiger partial charge in [-0.05, 0) is 31.2 Å². The molecule has 0 aliphatic carbocycles. The summed E-state index contributed by atoms with van der Waals surface area (Å²) in [5.41, 5.74) is 1.00. The zero-order valence-electron chi connectivity index (χ0n) is 17.1. The average Bonchev–Trinajstić information content (AvgIpc) is 2.78. The van der Waals surface area contributed by atoms with Crippen molar-refractivity contribution < 1.29 is 27.4 Å². The molecule has 3 aliphatic heterocycles. The minimum atomic E-state index is -3.61. The van der Waals surface area contributed by atoms with Crippen molar-refractivity contribution in [3.8, 4) is 11.5 Å². The molecule has 2 aromatic carbocycles. The first-order valence-corrected chi connectivity index (χ1v) is 11.7. The van der Waals surface area contributed by atoms with Gasteiger partial charge in [0.25, 0.3) is 5.91 Å². The minimum Gasteiger partial charge on any atom is -0.485 e. The molecular weight excluding hydrogens is 420 g/mol. The lowest BCUT2D eigenvalue weighted by Crippen LogP contribution is -2.63. The second-order valence-corrected chi connectivity index (χ2v) is 10.1. The van der Waals surface area contributed by atoms with Gasteiger partial charge in [-0.15, -0.1) is 0 Å². The lowest BCUT2D eigenvalue weighted by Gasteiger charge is -2.45. The summed E-state index contributed by atoms with van der Waals surface area (Å²) in [7, 11) is -3.61. The Morgan fingerprint density at radius 1 is 0.935 bits per heavy atom. The standard InChI is InChI=1S/C22H24N2O6S/c1-15-6-8-18(9-7-15)31(26,27)24-12-16-10-23(11-17(13-24)29-16)22(25)21-14-28-19-4-2-3-5-20(19)30-21/h2-9,16-17,21H,10-14H2,1H3/t16-,17+,21-/m0/s1. The maximum absolute atomic E-state index is 13.1. The summed E-state index contributed by atoms with van der Waals surface area (Å²) in [4.78, 5) is 15.0. The number of hydrogen-bond donors (Lipinski definition) is 0. The van der Waals surface area contributed by atoms with Crippen LogP contribution in [0.3, 0.4) is 0 Å². The van der Waals surface area contributed by atoms with Crippen molar-refractivity contribution in [2.75, 3.05) is 32.8 Å². The molecule has 3 aliphatic rings. The van der Waals surface area contributed by atoms with Gasteiger partial charge in [0, 0.05) is 26.2 Å². The largest absolute Gasteiger partial charge is 0.485 e. The van der Waals surface area contributed by atoms with E-state index in [-0.39, 0.29) is 42.7 Å². The number of carbonyl (C=O) groups excluding carboxylic acids is 1. The molecule has 1 amide bonds. The Hall–Kier alpha value is -2.62. The number of para-hydroxylation sites is 2. The highest BCUT2D eigenvalue weighted by molar-refractivity contribution is 7.89. The highest BCUT2D eigenvalue weighted by Gasteiger charge is 2.43. The fourth-order valence-corrected chi connectivity index (χ4v) is 5.74. The summed E-state index contributed by atoms with van der Waals surface area (Å²) in [5, 5.41) is 0. The number of morpholine rings is 2. The van der Waals surface area contributed by atoms with E-state index in [2.05, 4.69) is 0 Å². The van der Waals surface area contributed by atoms with Gasteiger partial charge in [-0.2, -0.15) is 4.31 Å². The van der Waals surface area contributed by atoms with Crippen molar-refractivity contribution in [2.24, 2.45) is 0 Å². The summed E-state index contributed by atoms with van der Waals surface area (Å²) < 4.78 is 45.1. The molecule has 3 atom stereocenters. The smallest absolute Gasteiger partial charge is 0.267 e. The molecule has 2 saturated heterocycles. The van der Waals surface area contributed by atoms with Gasteiger partial charge in [0.05, 0.1) is 17.1 Å². The third-order valence-corrected chi connectivity index (χ3v) is 7.65. The zero-order valence-corrected chi connectivity index (χ0v) is 18.0. The van der Waals surface area contributed by atoms with E-state index in [1.807, 2.05) is 19.1 Å². The number of fused-ring (bicyclic) bond motifs is 3. The van der Waals surface area contributed by atoms with Crippen LogP contribution >= 0.6 is 0 Å². The molecule has 2 aromatic rings. The molecule has 0 unspecified atom stereocenters. The van der Waals surface area contributed by atoms with Gasteiger partial charge in [-0.25, -0.2) is 8.42 Å². The molecule has 164 valence electrons. The van der Waals surface area contributed by atoms with Crippen LogP contribution in [0.5, 0.6) is 11.5 Å². The Labute approximate surface area is 181 Å². The van der Waals surface area contributed by atoms with Crippen molar-refractivity contribution in [3.05, 3.63) is 54.1 Å². The molecule has 0 radical (unpaired) electrons. The molecule has 8 nitrogen and oxygen atoms in total. The van der Waals surface area contributed by atoms with Crippen LogP contribution in [-0.2, 0) is 19.6 Å². The first-order valence-electron chi connectivity index (χ1n) is 10.3. The first kappa shape index (κ1) is 20.3. The van der Waals surface area contributed by atoms with Crippen LogP contribution in [0.1, 0.15) is 5.56 Å². The van der Waals surface area contributed by atoms with E-state index in [9.17, 15) is 13.2 Å². The average molecular weight is 445 g/mol. The van der Waals surface area contributed by atoms with Crippen molar-refractivity contribution in [3.63, 3.8) is 0 Å². The summed E-state index contributed by atoms with van der Waals surface area (Å²) in [6.45, 7) is 3.12. The van der Waals surface area contributed by atoms with Crippen LogP contribution in [0, 0.1) is 6.92 Å². The van der Waals surface area contributed by atoms with Gasteiger partial charge < -0.3 is 19.1 Å². The van der Waals surface area contributed by atoms with E-state index in [4.69, 9.17) is 14.2 Å². The lowest BCUT2D eigenvalue weighted by atomic mass is 10.1. The highest BCUT2D eigenvalue weighted by Crippen LogP contribution is 2.32. The van der Waals surface area contributed by atoms with E-state index in [0.29, 0.717) is 24.6 Å². The molecule has 0 saturated carbocycles. The normalized spacial score (nSPS) is 25.8. The fourth-order valence-electron chi connectivity index (χ4n) is 4.24. The highest BCUT2D eigenvalue weighted by atomic mass is 32.2. The maximum atomic E-state index is 13.1. The molecule has 0 aromatic heterocycles. The number of rotatable bonds is 3. The number of ether oxygens (including phenoxy) is 3. The molecule has 3 heterocycles. The number of carbonyl (C=O) groups is 1. The third kappa shape index (κ3) is 3.88. The number of sulfonamides is 1. The topological polar surface area (TPSA) is 85.4 Å². The van der Waals surface area contributed by atoms with Crippen molar-refractivity contribution in [1.29, 1.82) is 0 Å². The Bertz CT molecular complexity index is 1070. The van der Waals surface area contributed by atoms with E-state index < -0.39 is 16.1 Å². The Kier molecular flexibility index (Phi) is 5.11. The Morgan fingerprint density at radius 3 is 2.26 bits per heavy atom. The predicted molar refractivity (Wildman–Crippen MR) is 112 cm³/mol. The van der Waals surface area contributed by atoms with E-state index >= 15 is 0 Å². The molecule has 2 fully saturated rings. The van der Waals surface area contributed by atoms with Crippen molar-refractivity contribution >= 4 is 15.9 Å². The molecule has 2 bridgehead atoms. The van der Waals surface area contributed by atoms with Gasteiger partial charge >= 0.3 is 0 Å². The van der Waals surface area contributed by atoms with E-state index in [1.165, 1.54) is 4.31 Å². The monoisotopic (exact) mass is 444 g/mol. The second-order valence-electron chi connectivity index (χ2n) is 8.12. The van der Waals surface area contributed by atoms with Crippen LogP contribution in [0.4, 0.5) is 0 Å². The van der Waals surface area contributed by atoms with E-state index in [0.717, 1.165) is 5.56 Å². The van der Waals surface area contributed by atoms with Gasteiger partial charge in [0.15, 0.2) is 11.5 Å². The maximum Gasteiger partial charge on any atom is 0.267 e. The van der Waals surface area contributed by atoms with Gasteiger partial charge in [0.1, 0.15) is 6.61 Å². The molecular formula is C22H24N2O6S. The summed E-state index contributed by atoms with van der Waals surface area (Å²) in [6.07, 6.45) is -1.48. The predicted octanol–water partition coefficient (Wildman–Crippen LogP) is 1.44. The van der Waals surface area contributed by atoms with Gasteiger partial charge in [-0.1, -0.05) is 29.8 Å². The van der Waals surface area contributed by atoms with Crippen LogP contribution in [0.25, 0.3) is 0 Å². The Balaban J connectivity index is 1.26. The number of aryl methyl sites for hydroxylation is 1. The van der Waals surface area contributed by atoms with Crippen LogP contribution in [0.2, 0.25) is 0 Å². The third-order valence-electron chi connectivity index (χ3n) is 5.80. The van der Waals surface area contributed by atoms with Crippen molar-refractivity contribution in [1.82, 2.24) is 9.21 Å². The molecule has 5 rings (SSSR count). The summed E-state index contributed by atoms with van der Waals surface area (Å²) in [5.74, 6) is 1.01. The quantitative estimate of drug-likeness (QED) is 0.712. The molecule has 31 heavy (non-hydrogen) atoms. The summed E-state index contributed by atoms with van der Waals surface area (Å²) in [6, 6.07) is 14.1. The fraction of sp³-hybridized carbons (Fsp3) is 0.409. The van der Waals surface area contributed by atoms with Crippen molar-refractivity contribution in [2.45, 2.75) is 30.1 Å². The second kappa shape index (κ2) is 7.81. The zero-order chi connectivity index (χ0) is 21.6. The number of nitrogens with zero attached hydrogens (tertiary/aromatic N) is 2. The SMILES string of the molecule is Cc1ccc(S(=O)(=O)N2C[C@H]3CN(C(=O)[C@@H]4COc5ccccc5O4)C[C@@H](C2)O3)cc1. The lowest BCUT2D eigenvalue weighted by molar-refractivity contribution is -0.162. The number of amides is 1. The summed E-state index contributed by atoms with van der Waals surface area (Å²) >= 11 is 0. The van der Waals surface area contributed by atoms with Gasteiger partial charge in [0.2, 0.25) is 16.1 Å². The van der Waals surface area contributed by atoms with Gasteiger partial charge in [-0.3, -0.25) is 4.79 Å². The van der Waals surface area contributed by atoms with E-state index in [1.54, 1.807) is 41.3 Å². The molecule has 0 N–H and O–H groups in total. The van der Waals surface area contributed by atoms with Crippen LogP contribution in [0.15, 0.2) is 53.4 Å². The minimum absolute atomic E-state index is 0.149. The van der Waals surface area contributed by atoms with Crippen LogP contribution in [-0.4, -0.2) is 74.6 Å². The number of benzene rings is 2. The van der Waals surface area contributed by atoms with Crippen LogP contribution < -0.4 is 9.47 Å². The molecule has 0 spiro atoms. The Morgan fingerprint density at radius 2 is 1.58 bits per heavy atom. The number of hydrogen-bond acceptors (Lipinski definition) is 6. The molecule has 9 heteroatoms.